The van der Waals surface area contributed by atoms with Gasteiger partial charge in [-0.3, -0.25) is 4.79 Å². The monoisotopic (exact) mass is 300 g/mol. The number of carbonyl (C=O) groups is 2. The lowest BCUT2D eigenvalue weighted by Gasteiger charge is -2.29. The van der Waals surface area contributed by atoms with E-state index in [1.165, 1.54) is 0 Å². The van der Waals surface area contributed by atoms with Crippen molar-refractivity contribution < 1.29 is 23.9 Å². The maximum atomic E-state index is 11.2. The Bertz CT molecular complexity index is 350. The van der Waals surface area contributed by atoms with Crippen LogP contribution < -0.4 is 0 Å². The van der Waals surface area contributed by atoms with Crippen molar-refractivity contribution in [3.05, 3.63) is 12.2 Å². The van der Waals surface area contributed by atoms with Gasteiger partial charge in [0, 0.05) is 18.4 Å². The summed E-state index contributed by atoms with van der Waals surface area (Å²) >= 11 is 0. The summed E-state index contributed by atoms with van der Waals surface area (Å²) in [5.74, 6) is -1.03. The first kappa shape index (κ1) is 19.6. The minimum atomic E-state index is -0.713. The molecule has 0 saturated carbocycles. The van der Waals surface area contributed by atoms with Gasteiger partial charge < -0.3 is 14.3 Å². The number of ether oxygens (including phenoxy) is 1. The Morgan fingerprint density at radius 1 is 1.05 bits per heavy atom. The number of nitrogens with zero attached hydrogens (tertiary/aromatic N) is 1. The quantitative estimate of drug-likeness (QED) is 0.260. The summed E-state index contributed by atoms with van der Waals surface area (Å²) in [6.07, 6.45) is 5.01. The van der Waals surface area contributed by atoms with Crippen molar-refractivity contribution >= 4 is 11.9 Å². The van der Waals surface area contributed by atoms with Gasteiger partial charge in [-0.15, -0.1) is 0 Å². The summed E-state index contributed by atoms with van der Waals surface area (Å²) in [5.41, 5.74) is 0.435. The molecule has 0 aliphatic carbocycles. The zero-order chi connectivity index (χ0) is 16.3. The lowest BCUT2D eigenvalue weighted by Crippen LogP contribution is -2.41. The molecule has 0 unspecified atom stereocenters. The van der Waals surface area contributed by atoms with Gasteiger partial charge in [-0.25, -0.2) is 4.79 Å². The number of quaternary nitrogens is 1. The number of unbranched alkanes of at least 4 members (excludes halogenated alkanes) is 3. The van der Waals surface area contributed by atoms with E-state index in [0.29, 0.717) is 12.2 Å². The van der Waals surface area contributed by atoms with E-state index in [-0.39, 0.29) is 12.4 Å². The van der Waals surface area contributed by atoms with E-state index in [2.05, 4.69) is 20.7 Å². The summed E-state index contributed by atoms with van der Waals surface area (Å²) < 4.78 is 5.97. The molecule has 5 heteroatoms. The van der Waals surface area contributed by atoms with Gasteiger partial charge in [0.05, 0.1) is 33.8 Å². The van der Waals surface area contributed by atoms with E-state index in [9.17, 15) is 9.59 Å². The average molecular weight is 300 g/mol. The highest BCUT2D eigenvalue weighted by Crippen LogP contribution is 2.08. The highest BCUT2D eigenvalue weighted by Gasteiger charge is 2.14. The smallest absolute Gasteiger partial charge is 0.333 e. The predicted octanol–water partition coefficient (Wildman–Crippen LogP) is 2.61. The SMILES string of the molecule is C=C(C)C(=O)OCCC[N+](C)(C)CCCCCCC(=O)O. The van der Waals surface area contributed by atoms with Crippen LogP contribution in [-0.2, 0) is 14.3 Å². The molecule has 122 valence electrons. The molecule has 0 atom stereocenters. The van der Waals surface area contributed by atoms with Crippen molar-refractivity contribution in [1.29, 1.82) is 0 Å². The number of esters is 1. The average Bonchev–Trinajstić information content (AvgIpc) is 2.38. The van der Waals surface area contributed by atoms with Crippen molar-refractivity contribution in [2.24, 2.45) is 0 Å². The third-order valence-electron chi connectivity index (χ3n) is 3.39. The number of carboxylic acid groups (broad SMARTS) is 1. The van der Waals surface area contributed by atoms with Gasteiger partial charge in [0.2, 0.25) is 0 Å². The summed E-state index contributed by atoms with van der Waals surface area (Å²) in [7, 11) is 4.33. The van der Waals surface area contributed by atoms with Crippen molar-refractivity contribution in [2.75, 3.05) is 33.8 Å². The zero-order valence-corrected chi connectivity index (χ0v) is 13.7. The van der Waals surface area contributed by atoms with E-state index < -0.39 is 5.97 Å². The molecule has 0 aromatic heterocycles. The first-order chi connectivity index (χ1) is 9.74. The van der Waals surface area contributed by atoms with E-state index in [1.807, 2.05) is 0 Å². The van der Waals surface area contributed by atoms with Gasteiger partial charge in [0.1, 0.15) is 0 Å². The fourth-order valence-corrected chi connectivity index (χ4v) is 2.06. The molecule has 0 radical (unpaired) electrons. The fourth-order valence-electron chi connectivity index (χ4n) is 2.06. The summed E-state index contributed by atoms with van der Waals surface area (Å²) in [6.45, 7) is 7.64. The highest BCUT2D eigenvalue weighted by molar-refractivity contribution is 5.86. The Labute approximate surface area is 128 Å². The molecular formula is C16H30NO4+. The molecule has 0 aromatic carbocycles. The first-order valence-electron chi connectivity index (χ1n) is 7.61. The van der Waals surface area contributed by atoms with Crippen LogP contribution in [0.15, 0.2) is 12.2 Å². The second-order valence-corrected chi connectivity index (χ2v) is 6.21. The Morgan fingerprint density at radius 3 is 2.19 bits per heavy atom. The molecule has 0 amide bonds. The van der Waals surface area contributed by atoms with Gasteiger partial charge in [0.25, 0.3) is 0 Å². The van der Waals surface area contributed by atoms with Gasteiger partial charge in [-0.05, 0) is 26.2 Å². The number of hydrogen-bond donors (Lipinski definition) is 1. The third-order valence-corrected chi connectivity index (χ3v) is 3.39. The van der Waals surface area contributed by atoms with Gasteiger partial charge in [0.15, 0.2) is 0 Å². The molecule has 0 heterocycles. The second-order valence-electron chi connectivity index (χ2n) is 6.21. The van der Waals surface area contributed by atoms with Crippen molar-refractivity contribution in [1.82, 2.24) is 0 Å². The largest absolute Gasteiger partial charge is 0.481 e. The molecule has 0 aliphatic rings. The second kappa shape index (κ2) is 10.4. The van der Waals surface area contributed by atoms with Crippen LogP contribution in [0.4, 0.5) is 0 Å². The molecule has 0 saturated heterocycles. The Balaban J connectivity index is 3.62. The standard InChI is InChI=1S/C16H29NO4/c1-14(2)16(20)21-13-9-12-17(3,4)11-8-6-5-7-10-15(18)19/h1,5-13H2,2-4H3/p+1. The molecule has 5 nitrogen and oxygen atoms in total. The number of carbonyl (C=O) groups excluding carboxylic acids is 1. The lowest BCUT2D eigenvalue weighted by molar-refractivity contribution is -0.890. The van der Waals surface area contributed by atoms with E-state index >= 15 is 0 Å². The normalized spacial score (nSPS) is 11.2. The topological polar surface area (TPSA) is 63.6 Å². The predicted molar refractivity (Wildman–Crippen MR) is 83.0 cm³/mol. The van der Waals surface area contributed by atoms with Crippen molar-refractivity contribution in [3.63, 3.8) is 0 Å². The van der Waals surface area contributed by atoms with Crippen LogP contribution in [0.5, 0.6) is 0 Å². The van der Waals surface area contributed by atoms with Gasteiger partial charge in [-0.2, -0.15) is 0 Å². The van der Waals surface area contributed by atoms with Crippen LogP contribution in [0, 0.1) is 0 Å². The van der Waals surface area contributed by atoms with Crippen molar-refractivity contribution in [2.45, 2.75) is 45.4 Å². The lowest BCUT2D eigenvalue weighted by atomic mass is 10.1. The first-order valence-corrected chi connectivity index (χ1v) is 7.61. The number of hydrogen-bond acceptors (Lipinski definition) is 3. The van der Waals surface area contributed by atoms with Crippen LogP contribution >= 0.6 is 0 Å². The Morgan fingerprint density at radius 2 is 1.62 bits per heavy atom. The van der Waals surface area contributed by atoms with Crippen LogP contribution in [0.3, 0.4) is 0 Å². The molecular weight excluding hydrogens is 270 g/mol. The molecule has 21 heavy (non-hydrogen) atoms. The molecule has 0 aromatic rings. The van der Waals surface area contributed by atoms with E-state index in [1.54, 1.807) is 6.92 Å². The zero-order valence-electron chi connectivity index (χ0n) is 13.7. The molecule has 0 rings (SSSR count). The maximum Gasteiger partial charge on any atom is 0.333 e. The van der Waals surface area contributed by atoms with Crippen molar-refractivity contribution in [3.8, 4) is 0 Å². The minimum absolute atomic E-state index is 0.270. The third kappa shape index (κ3) is 12.1. The molecule has 0 aliphatic heterocycles. The minimum Gasteiger partial charge on any atom is -0.481 e. The summed E-state index contributed by atoms with van der Waals surface area (Å²) in [6, 6.07) is 0. The van der Waals surface area contributed by atoms with Crippen LogP contribution in [-0.4, -0.2) is 55.3 Å². The fraction of sp³-hybridized carbons (Fsp3) is 0.750. The highest BCUT2D eigenvalue weighted by atomic mass is 16.5. The molecule has 0 bridgehead atoms. The van der Waals surface area contributed by atoms with Gasteiger partial charge in [-0.1, -0.05) is 13.0 Å². The van der Waals surface area contributed by atoms with Gasteiger partial charge >= 0.3 is 11.9 Å². The molecule has 0 spiro atoms. The Hall–Kier alpha value is -1.36. The van der Waals surface area contributed by atoms with E-state index in [0.717, 1.165) is 49.7 Å². The summed E-state index contributed by atoms with van der Waals surface area (Å²) in [5, 5.41) is 8.55. The molecule has 0 fully saturated rings. The summed E-state index contributed by atoms with van der Waals surface area (Å²) in [4.78, 5) is 21.6. The number of carboxylic acids is 1. The van der Waals surface area contributed by atoms with Crippen LogP contribution in [0.25, 0.3) is 0 Å². The molecule has 1 N–H and O–H groups in total. The van der Waals surface area contributed by atoms with Crippen LogP contribution in [0.1, 0.15) is 45.4 Å². The number of rotatable bonds is 12. The van der Waals surface area contributed by atoms with Crippen LogP contribution in [0.2, 0.25) is 0 Å². The number of aliphatic carboxylic acids is 1. The maximum absolute atomic E-state index is 11.2. The Kier molecular flexibility index (Phi) is 9.71. The van der Waals surface area contributed by atoms with E-state index in [4.69, 9.17) is 9.84 Å².